The summed E-state index contributed by atoms with van der Waals surface area (Å²) in [7, 11) is 0. The van der Waals surface area contributed by atoms with Gasteiger partial charge in [0.25, 0.3) is 0 Å². The van der Waals surface area contributed by atoms with Crippen LogP contribution in [0.4, 0.5) is 17.5 Å². The van der Waals surface area contributed by atoms with Crippen LogP contribution in [0.2, 0.25) is 0 Å². The highest BCUT2D eigenvalue weighted by molar-refractivity contribution is 5.61. The van der Waals surface area contributed by atoms with Gasteiger partial charge in [0.05, 0.1) is 4.92 Å². The van der Waals surface area contributed by atoms with E-state index in [1.807, 2.05) is 0 Å². The number of rotatable bonds is 7. The van der Waals surface area contributed by atoms with Gasteiger partial charge in [-0.15, -0.1) is 0 Å². The Hall–Kier alpha value is -1.96. The predicted molar refractivity (Wildman–Crippen MR) is 76.3 cm³/mol. The molecule has 1 aliphatic carbocycles. The number of nitrogen functional groups attached to an aromatic ring is 1. The first-order chi connectivity index (χ1) is 9.55. The summed E-state index contributed by atoms with van der Waals surface area (Å²) in [5.41, 5.74) is 2.54. The number of nitrogens with zero attached hydrogens (tertiary/aromatic N) is 3. The van der Waals surface area contributed by atoms with E-state index in [0.717, 1.165) is 18.8 Å². The summed E-state index contributed by atoms with van der Waals surface area (Å²) in [6.07, 6.45) is 4.40. The zero-order valence-corrected chi connectivity index (χ0v) is 11.7. The molecule has 4 N–H and O–H groups in total. The molecule has 0 aliphatic heterocycles. The molecular formula is C12H20N6O2. The molecule has 8 heteroatoms. The molecule has 1 saturated carbocycles. The fourth-order valence-corrected chi connectivity index (χ4v) is 2.23. The number of hydrazine groups is 1. The van der Waals surface area contributed by atoms with E-state index in [-0.39, 0.29) is 23.5 Å². The second-order valence-electron chi connectivity index (χ2n) is 5.16. The normalized spacial score (nSPS) is 15.8. The van der Waals surface area contributed by atoms with Gasteiger partial charge in [-0.3, -0.25) is 15.5 Å². The summed E-state index contributed by atoms with van der Waals surface area (Å²) in [6.45, 7) is 3.63. The molecule has 0 saturated heterocycles. The fourth-order valence-electron chi connectivity index (χ4n) is 2.23. The van der Waals surface area contributed by atoms with Crippen LogP contribution in [0.5, 0.6) is 0 Å². The average Bonchev–Trinajstić information content (AvgIpc) is 3.20. The second kappa shape index (κ2) is 6.00. The Labute approximate surface area is 117 Å². The average molecular weight is 280 g/mol. The first-order valence-electron chi connectivity index (χ1n) is 6.81. The number of nitrogens with one attached hydrogen (secondary N) is 2. The van der Waals surface area contributed by atoms with Crippen molar-refractivity contribution < 1.29 is 4.92 Å². The van der Waals surface area contributed by atoms with Gasteiger partial charge in [-0.2, -0.15) is 4.98 Å². The minimum absolute atomic E-state index is 0.0850. The third-order valence-electron chi connectivity index (χ3n) is 3.52. The van der Waals surface area contributed by atoms with Gasteiger partial charge < -0.3 is 5.32 Å². The molecule has 0 bridgehead atoms. The number of hydrogen-bond donors (Lipinski definition) is 3. The first-order valence-corrected chi connectivity index (χ1v) is 6.81. The number of nitrogens with two attached hydrogens (primary N) is 1. The van der Waals surface area contributed by atoms with Crippen LogP contribution in [-0.4, -0.2) is 20.9 Å². The van der Waals surface area contributed by atoms with Gasteiger partial charge in [0, 0.05) is 6.04 Å². The van der Waals surface area contributed by atoms with E-state index < -0.39 is 4.92 Å². The monoisotopic (exact) mass is 280 g/mol. The van der Waals surface area contributed by atoms with Crippen molar-refractivity contribution in [2.75, 3.05) is 10.7 Å². The van der Waals surface area contributed by atoms with E-state index in [4.69, 9.17) is 5.84 Å². The van der Waals surface area contributed by atoms with Crippen LogP contribution in [0.25, 0.3) is 0 Å². The molecular weight excluding hydrogens is 260 g/mol. The number of aryl methyl sites for hydroxylation is 1. The van der Waals surface area contributed by atoms with Crippen molar-refractivity contribution in [3.63, 3.8) is 0 Å². The Bertz CT molecular complexity index is 503. The Morgan fingerprint density at radius 3 is 2.70 bits per heavy atom. The largest absolute Gasteiger partial charge is 0.361 e. The lowest BCUT2D eigenvalue weighted by Crippen LogP contribution is -2.22. The second-order valence-corrected chi connectivity index (χ2v) is 5.16. The molecule has 1 atom stereocenters. The molecule has 1 aliphatic rings. The van der Waals surface area contributed by atoms with Crippen molar-refractivity contribution in [3.05, 3.63) is 15.8 Å². The summed E-state index contributed by atoms with van der Waals surface area (Å²) in [5.74, 6) is 6.45. The molecule has 1 aromatic rings. The summed E-state index contributed by atoms with van der Waals surface area (Å²) in [4.78, 5) is 18.8. The number of aromatic nitrogens is 2. The maximum atomic E-state index is 11.2. The molecule has 20 heavy (non-hydrogen) atoms. The highest BCUT2D eigenvalue weighted by Gasteiger charge is 2.28. The third-order valence-corrected chi connectivity index (χ3v) is 3.52. The Kier molecular flexibility index (Phi) is 4.33. The molecule has 2 rings (SSSR count). The maximum Gasteiger partial charge on any atom is 0.332 e. The van der Waals surface area contributed by atoms with Crippen molar-refractivity contribution >= 4 is 17.5 Å². The van der Waals surface area contributed by atoms with Gasteiger partial charge in [0.15, 0.2) is 0 Å². The van der Waals surface area contributed by atoms with Crippen LogP contribution in [0, 0.1) is 23.0 Å². The van der Waals surface area contributed by atoms with Crippen molar-refractivity contribution in [3.8, 4) is 0 Å². The van der Waals surface area contributed by atoms with Gasteiger partial charge >= 0.3 is 5.69 Å². The summed E-state index contributed by atoms with van der Waals surface area (Å²) < 4.78 is 0. The summed E-state index contributed by atoms with van der Waals surface area (Å²) in [6, 6.07) is 0.182. The van der Waals surface area contributed by atoms with Crippen LogP contribution < -0.4 is 16.6 Å². The Balaban J connectivity index is 2.26. The molecule has 0 aromatic carbocycles. The quantitative estimate of drug-likeness (QED) is 0.397. The van der Waals surface area contributed by atoms with Crippen LogP contribution >= 0.6 is 0 Å². The van der Waals surface area contributed by atoms with E-state index in [9.17, 15) is 10.1 Å². The maximum absolute atomic E-state index is 11.2. The molecule has 0 radical (unpaired) electrons. The lowest BCUT2D eigenvalue weighted by Gasteiger charge is -2.18. The third kappa shape index (κ3) is 3.32. The van der Waals surface area contributed by atoms with E-state index in [0.29, 0.717) is 5.69 Å². The molecule has 110 valence electrons. The minimum Gasteiger partial charge on any atom is -0.361 e. The summed E-state index contributed by atoms with van der Waals surface area (Å²) >= 11 is 0. The minimum atomic E-state index is -0.457. The predicted octanol–water partition coefficient (Wildman–Crippen LogP) is 1.97. The van der Waals surface area contributed by atoms with Crippen LogP contribution in [0.3, 0.4) is 0 Å². The van der Waals surface area contributed by atoms with Gasteiger partial charge in [-0.1, -0.05) is 19.8 Å². The molecule has 1 fully saturated rings. The van der Waals surface area contributed by atoms with Gasteiger partial charge in [0.1, 0.15) is 5.69 Å². The highest BCUT2D eigenvalue weighted by atomic mass is 16.6. The smallest absolute Gasteiger partial charge is 0.332 e. The fraction of sp³-hybridized carbons (Fsp3) is 0.667. The van der Waals surface area contributed by atoms with E-state index in [1.54, 1.807) is 6.92 Å². The zero-order chi connectivity index (χ0) is 14.7. The molecule has 1 unspecified atom stereocenters. The first kappa shape index (κ1) is 14.4. The van der Waals surface area contributed by atoms with E-state index in [2.05, 4.69) is 27.6 Å². The zero-order valence-electron chi connectivity index (χ0n) is 11.7. The standard InChI is InChI=1S/C12H20N6O2/c1-3-9(6-8-4-5-8)15-11-10(18(19)20)7(2)14-12(16-11)17-13/h8-9H,3-6,13H2,1-2H3,(H2,14,15,16,17). The number of hydrogen-bond acceptors (Lipinski definition) is 7. The van der Waals surface area contributed by atoms with Gasteiger partial charge in [0.2, 0.25) is 11.8 Å². The van der Waals surface area contributed by atoms with Crippen LogP contribution in [0.1, 0.15) is 38.3 Å². The van der Waals surface area contributed by atoms with Crippen molar-refractivity contribution in [1.29, 1.82) is 0 Å². The van der Waals surface area contributed by atoms with Crippen molar-refractivity contribution in [2.45, 2.75) is 45.6 Å². The van der Waals surface area contributed by atoms with E-state index in [1.165, 1.54) is 12.8 Å². The Morgan fingerprint density at radius 1 is 1.50 bits per heavy atom. The van der Waals surface area contributed by atoms with Gasteiger partial charge in [-0.25, -0.2) is 10.8 Å². The number of nitro groups is 1. The SMILES string of the molecule is CCC(CC1CC1)Nc1nc(NN)nc(C)c1[N+](=O)[O-]. The molecule has 0 spiro atoms. The Morgan fingerprint density at radius 2 is 2.20 bits per heavy atom. The van der Waals surface area contributed by atoms with Crippen LogP contribution in [0.15, 0.2) is 0 Å². The highest BCUT2D eigenvalue weighted by Crippen LogP contribution is 2.35. The van der Waals surface area contributed by atoms with Gasteiger partial charge in [-0.05, 0) is 25.7 Å². The molecule has 0 amide bonds. The molecule has 1 aromatic heterocycles. The topological polar surface area (TPSA) is 119 Å². The van der Waals surface area contributed by atoms with E-state index >= 15 is 0 Å². The lowest BCUT2D eigenvalue weighted by atomic mass is 10.1. The lowest BCUT2D eigenvalue weighted by molar-refractivity contribution is -0.385. The summed E-state index contributed by atoms with van der Waals surface area (Å²) in [5, 5.41) is 14.4. The molecule has 1 heterocycles. The van der Waals surface area contributed by atoms with Crippen LogP contribution in [-0.2, 0) is 0 Å². The van der Waals surface area contributed by atoms with Crippen molar-refractivity contribution in [2.24, 2.45) is 11.8 Å². The number of anilines is 2. The molecule has 8 nitrogen and oxygen atoms in total. The van der Waals surface area contributed by atoms with Crippen molar-refractivity contribution in [1.82, 2.24) is 9.97 Å².